The standard InChI is InChI=1S/C18H25NO4/c1-18(2,3)14-6-4-12(5-7-14)10-15(17(21)22)19-16(20)13-8-9-23-11-13/h4-7,13,15H,8-11H2,1-3H3,(H,19,20)(H,21,22)/t13-,15+/m0/s1. The van der Waals surface area contributed by atoms with Crippen molar-refractivity contribution in [2.45, 2.75) is 45.1 Å². The fraction of sp³-hybridized carbons (Fsp3) is 0.556. The van der Waals surface area contributed by atoms with Gasteiger partial charge in [-0.05, 0) is 23.0 Å². The normalized spacial score (nSPS) is 19.3. The molecule has 0 bridgehead atoms. The van der Waals surface area contributed by atoms with Gasteiger partial charge in [-0.25, -0.2) is 4.79 Å². The highest BCUT2D eigenvalue weighted by molar-refractivity contribution is 5.85. The predicted octanol–water partition coefficient (Wildman–Crippen LogP) is 2.13. The van der Waals surface area contributed by atoms with Crippen LogP contribution < -0.4 is 5.32 Å². The topological polar surface area (TPSA) is 75.6 Å². The van der Waals surface area contributed by atoms with Gasteiger partial charge in [0, 0.05) is 13.0 Å². The summed E-state index contributed by atoms with van der Waals surface area (Å²) in [5, 5.41) is 12.0. The highest BCUT2D eigenvalue weighted by Crippen LogP contribution is 2.22. The largest absolute Gasteiger partial charge is 0.480 e. The van der Waals surface area contributed by atoms with Gasteiger partial charge in [0.2, 0.25) is 5.91 Å². The predicted molar refractivity (Wildman–Crippen MR) is 87.3 cm³/mol. The Hall–Kier alpha value is -1.88. The maximum absolute atomic E-state index is 12.1. The molecule has 0 radical (unpaired) electrons. The van der Waals surface area contributed by atoms with Gasteiger partial charge < -0.3 is 15.2 Å². The van der Waals surface area contributed by atoms with Crippen molar-refractivity contribution < 1.29 is 19.4 Å². The van der Waals surface area contributed by atoms with Crippen LogP contribution in [0, 0.1) is 5.92 Å². The third kappa shape index (κ3) is 4.79. The first kappa shape index (κ1) is 17.5. The van der Waals surface area contributed by atoms with Crippen LogP contribution in [0.4, 0.5) is 0 Å². The average Bonchev–Trinajstić information content (AvgIpc) is 3.00. The zero-order valence-corrected chi connectivity index (χ0v) is 14.0. The lowest BCUT2D eigenvalue weighted by molar-refractivity contribution is -0.142. The third-order valence-electron chi connectivity index (χ3n) is 4.17. The van der Waals surface area contributed by atoms with E-state index in [2.05, 4.69) is 26.1 Å². The summed E-state index contributed by atoms with van der Waals surface area (Å²) in [6.45, 7) is 7.33. The van der Waals surface area contributed by atoms with Crippen molar-refractivity contribution in [3.63, 3.8) is 0 Å². The molecule has 5 heteroatoms. The van der Waals surface area contributed by atoms with E-state index in [4.69, 9.17) is 4.74 Å². The van der Waals surface area contributed by atoms with E-state index in [0.29, 0.717) is 19.6 Å². The molecule has 23 heavy (non-hydrogen) atoms. The molecule has 1 aliphatic rings. The van der Waals surface area contributed by atoms with Crippen molar-refractivity contribution in [3.05, 3.63) is 35.4 Å². The summed E-state index contributed by atoms with van der Waals surface area (Å²) in [5.41, 5.74) is 2.15. The summed E-state index contributed by atoms with van der Waals surface area (Å²) in [7, 11) is 0. The number of carboxylic acids is 1. The van der Waals surface area contributed by atoms with Crippen LogP contribution in [0.15, 0.2) is 24.3 Å². The number of hydrogen-bond acceptors (Lipinski definition) is 3. The fourth-order valence-corrected chi connectivity index (χ4v) is 2.61. The number of benzene rings is 1. The van der Waals surface area contributed by atoms with Crippen LogP contribution in [0.1, 0.15) is 38.3 Å². The lowest BCUT2D eigenvalue weighted by atomic mass is 9.86. The van der Waals surface area contributed by atoms with Crippen LogP contribution in [-0.4, -0.2) is 36.2 Å². The van der Waals surface area contributed by atoms with E-state index in [1.165, 1.54) is 5.56 Å². The number of nitrogens with one attached hydrogen (secondary N) is 1. The first-order chi connectivity index (χ1) is 10.8. The van der Waals surface area contributed by atoms with Crippen molar-refractivity contribution in [2.24, 2.45) is 5.92 Å². The van der Waals surface area contributed by atoms with Gasteiger partial charge in [0.1, 0.15) is 6.04 Å². The van der Waals surface area contributed by atoms with Crippen LogP contribution in [-0.2, 0) is 26.2 Å². The molecule has 0 unspecified atom stereocenters. The molecule has 1 aromatic rings. The van der Waals surface area contributed by atoms with Gasteiger partial charge in [-0.3, -0.25) is 4.79 Å². The molecule has 2 N–H and O–H groups in total. The number of aliphatic carboxylic acids is 1. The molecule has 126 valence electrons. The number of carboxylic acid groups (broad SMARTS) is 1. The molecule has 0 saturated carbocycles. The van der Waals surface area contributed by atoms with E-state index >= 15 is 0 Å². The Balaban J connectivity index is 2.01. The molecule has 1 amide bonds. The smallest absolute Gasteiger partial charge is 0.326 e. The summed E-state index contributed by atoms with van der Waals surface area (Å²) < 4.78 is 5.18. The van der Waals surface area contributed by atoms with Crippen molar-refractivity contribution in [3.8, 4) is 0 Å². The Labute approximate surface area is 137 Å². The minimum atomic E-state index is -1.02. The van der Waals surface area contributed by atoms with Crippen molar-refractivity contribution >= 4 is 11.9 Å². The van der Waals surface area contributed by atoms with Gasteiger partial charge in [0.25, 0.3) is 0 Å². The molecule has 5 nitrogen and oxygen atoms in total. The van der Waals surface area contributed by atoms with Crippen LogP contribution in [0.2, 0.25) is 0 Å². The lowest BCUT2D eigenvalue weighted by Crippen LogP contribution is -2.45. The van der Waals surface area contributed by atoms with Crippen LogP contribution >= 0.6 is 0 Å². The zero-order valence-electron chi connectivity index (χ0n) is 14.0. The maximum Gasteiger partial charge on any atom is 0.326 e. The van der Waals surface area contributed by atoms with E-state index < -0.39 is 12.0 Å². The molecule has 0 spiro atoms. The second-order valence-electron chi connectivity index (χ2n) is 7.11. The summed E-state index contributed by atoms with van der Waals surface area (Å²) >= 11 is 0. The Kier molecular flexibility index (Phi) is 5.42. The number of carbonyl (C=O) groups is 2. The molecular weight excluding hydrogens is 294 g/mol. The summed E-state index contributed by atoms with van der Waals surface area (Å²) in [5.74, 6) is -1.49. The van der Waals surface area contributed by atoms with Gasteiger partial charge in [-0.2, -0.15) is 0 Å². The summed E-state index contributed by atoms with van der Waals surface area (Å²) in [4.78, 5) is 23.5. The quantitative estimate of drug-likeness (QED) is 0.872. The van der Waals surface area contributed by atoms with E-state index in [1.807, 2.05) is 24.3 Å². The molecule has 0 aromatic heterocycles. The first-order valence-corrected chi connectivity index (χ1v) is 7.97. The van der Waals surface area contributed by atoms with Crippen molar-refractivity contribution in [1.82, 2.24) is 5.32 Å². The van der Waals surface area contributed by atoms with Crippen LogP contribution in [0.25, 0.3) is 0 Å². The maximum atomic E-state index is 12.1. The fourth-order valence-electron chi connectivity index (χ4n) is 2.61. The number of amides is 1. The number of hydrogen-bond donors (Lipinski definition) is 2. The Morgan fingerprint density at radius 2 is 1.96 bits per heavy atom. The second-order valence-corrected chi connectivity index (χ2v) is 7.11. The molecule has 0 aliphatic carbocycles. The Morgan fingerprint density at radius 1 is 1.30 bits per heavy atom. The minimum absolute atomic E-state index is 0.0570. The van der Waals surface area contributed by atoms with Gasteiger partial charge in [0.05, 0.1) is 12.5 Å². The number of ether oxygens (including phenoxy) is 1. The van der Waals surface area contributed by atoms with Crippen LogP contribution in [0.5, 0.6) is 0 Å². The first-order valence-electron chi connectivity index (χ1n) is 7.97. The molecule has 1 aromatic carbocycles. The monoisotopic (exact) mass is 319 g/mol. The van der Waals surface area contributed by atoms with E-state index in [9.17, 15) is 14.7 Å². The average molecular weight is 319 g/mol. The van der Waals surface area contributed by atoms with Gasteiger partial charge in [-0.1, -0.05) is 45.0 Å². The molecule has 1 aliphatic heterocycles. The molecule has 1 heterocycles. The van der Waals surface area contributed by atoms with Gasteiger partial charge in [-0.15, -0.1) is 0 Å². The highest BCUT2D eigenvalue weighted by Gasteiger charge is 2.28. The number of carbonyl (C=O) groups excluding carboxylic acids is 1. The molecule has 2 rings (SSSR count). The van der Waals surface area contributed by atoms with E-state index in [-0.39, 0.29) is 23.7 Å². The van der Waals surface area contributed by atoms with Gasteiger partial charge >= 0.3 is 5.97 Å². The van der Waals surface area contributed by atoms with Gasteiger partial charge in [0.15, 0.2) is 0 Å². The summed E-state index contributed by atoms with van der Waals surface area (Å²) in [6.07, 6.45) is 0.928. The molecule has 1 saturated heterocycles. The highest BCUT2D eigenvalue weighted by atomic mass is 16.5. The lowest BCUT2D eigenvalue weighted by Gasteiger charge is -2.20. The SMILES string of the molecule is CC(C)(C)c1ccc(C[C@@H](NC(=O)[C@H]2CCOC2)C(=O)O)cc1. The minimum Gasteiger partial charge on any atom is -0.480 e. The molecular formula is C18H25NO4. The zero-order chi connectivity index (χ0) is 17.0. The third-order valence-corrected chi connectivity index (χ3v) is 4.17. The molecule has 1 fully saturated rings. The van der Waals surface area contributed by atoms with E-state index in [0.717, 1.165) is 5.56 Å². The van der Waals surface area contributed by atoms with Crippen LogP contribution in [0.3, 0.4) is 0 Å². The summed E-state index contributed by atoms with van der Waals surface area (Å²) in [6, 6.07) is 6.98. The van der Waals surface area contributed by atoms with Crippen molar-refractivity contribution in [2.75, 3.05) is 13.2 Å². The number of rotatable bonds is 5. The Bertz CT molecular complexity index is 553. The van der Waals surface area contributed by atoms with E-state index in [1.54, 1.807) is 0 Å². The molecule has 2 atom stereocenters. The second kappa shape index (κ2) is 7.13. The van der Waals surface area contributed by atoms with Crippen molar-refractivity contribution in [1.29, 1.82) is 0 Å². The Morgan fingerprint density at radius 3 is 2.43 bits per heavy atom.